The summed E-state index contributed by atoms with van der Waals surface area (Å²) in [4.78, 5) is 23.5. The molecular weight excluding hydrogens is 368 g/mol. The van der Waals surface area contributed by atoms with Crippen molar-refractivity contribution in [2.75, 3.05) is 0 Å². The predicted molar refractivity (Wildman–Crippen MR) is 113 cm³/mol. The fourth-order valence-corrected chi connectivity index (χ4v) is 5.29. The summed E-state index contributed by atoms with van der Waals surface area (Å²) >= 11 is 0. The minimum atomic E-state index is -0.863. The summed E-state index contributed by atoms with van der Waals surface area (Å²) in [6, 6.07) is 0. The molecule has 0 aromatic carbocycles. The van der Waals surface area contributed by atoms with Crippen molar-refractivity contribution < 1.29 is 24.2 Å². The first-order valence-electron chi connectivity index (χ1n) is 10.8. The number of hydrogen-bond donors (Lipinski definition) is 1. The van der Waals surface area contributed by atoms with Gasteiger partial charge in [0.15, 0.2) is 0 Å². The van der Waals surface area contributed by atoms with E-state index < -0.39 is 5.60 Å². The van der Waals surface area contributed by atoms with Crippen LogP contribution in [0.2, 0.25) is 0 Å². The van der Waals surface area contributed by atoms with Crippen molar-refractivity contribution in [2.45, 2.75) is 92.0 Å². The van der Waals surface area contributed by atoms with Crippen molar-refractivity contribution >= 4 is 11.9 Å². The zero-order valence-corrected chi connectivity index (χ0v) is 19.0. The van der Waals surface area contributed by atoms with Gasteiger partial charge in [0.1, 0.15) is 12.2 Å². The van der Waals surface area contributed by atoms with Gasteiger partial charge in [-0.2, -0.15) is 0 Å². The van der Waals surface area contributed by atoms with E-state index in [9.17, 15) is 14.7 Å². The predicted octanol–water partition coefficient (Wildman–Crippen LogP) is 4.59. The highest BCUT2D eigenvalue weighted by Gasteiger charge is 2.53. The van der Waals surface area contributed by atoms with Crippen LogP contribution in [0.3, 0.4) is 0 Å². The molecule has 0 bridgehead atoms. The highest BCUT2D eigenvalue weighted by Crippen LogP contribution is 2.54. The summed E-state index contributed by atoms with van der Waals surface area (Å²) in [6.07, 6.45) is 8.87. The molecule has 1 N–H and O–H groups in total. The van der Waals surface area contributed by atoms with Crippen LogP contribution in [0.5, 0.6) is 0 Å². The number of aliphatic hydroxyl groups is 1. The van der Waals surface area contributed by atoms with Crippen LogP contribution in [0.25, 0.3) is 0 Å². The van der Waals surface area contributed by atoms with Crippen molar-refractivity contribution in [3.63, 3.8) is 0 Å². The molecular formula is C24H38O5. The minimum absolute atomic E-state index is 0.00322. The molecule has 6 atom stereocenters. The topological polar surface area (TPSA) is 72.8 Å². The first-order valence-corrected chi connectivity index (χ1v) is 10.8. The lowest BCUT2D eigenvalue weighted by atomic mass is 9.68. The van der Waals surface area contributed by atoms with Gasteiger partial charge in [0.25, 0.3) is 0 Å². The monoisotopic (exact) mass is 406 g/mol. The van der Waals surface area contributed by atoms with Gasteiger partial charge < -0.3 is 14.6 Å². The highest BCUT2D eigenvalue weighted by atomic mass is 16.5. The van der Waals surface area contributed by atoms with Gasteiger partial charge in [-0.25, -0.2) is 0 Å². The third-order valence-corrected chi connectivity index (χ3v) is 6.53. The molecule has 2 aliphatic rings. The lowest BCUT2D eigenvalue weighted by Gasteiger charge is -2.41. The van der Waals surface area contributed by atoms with E-state index in [-0.39, 0.29) is 47.3 Å². The summed E-state index contributed by atoms with van der Waals surface area (Å²) in [5.74, 6) is -0.353. The van der Waals surface area contributed by atoms with Gasteiger partial charge in [-0.15, -0.1) is 0 Å². The lowest BCUT2D eigenvalue weighted by Crippen LogP contribution is -2.44. The van der Waals surface area contributed by atoms with Gasteiger partial charge in [-0.05, 0) is 63.4 Å². The molecule has 29 heavy (non-hydrogen) atoms. The van der Waals surface area contributed by atoms with Gasteiger partial charge in [0.2, 0.25) is 0 Å². The number of carbonyl (C=O) groups is 2. The van der Waals surface area contributed by atoms with Crippen LogP contribution >= 0.6 is 0 Å². The fourth-order valence-electron chi connectivity index (χ4n) is 5.29. The number of ether oxygens (including phenoxy) is 2. The Balaban J connectivity index is 2.52. The first-order chi connectivity index (χ1) is 13.3. The summed E-state index contributed by atoms with van der Waals surface area (Å²) in [7, 11) is 0. The Bertz CT molecular complexity index is 671. The molecule has 0 saturated heterocycles. The van der Waals surface area contributed by atoms with Crippen LogP contribution in [0.15, 0.2) is 23.8 Å². The minimum Gasteiger partial charge on any atom is -0.462 e. The van der Waals surface area contributed by atoms with Gasteiger partial charge in [-0.1, -0.05) is 31.6 Å². The summed E-state index contributed by atoms with van der Waals surface area (Å²) in [6.45, 7) is 12.9. The Labute approximate surface area is 175 Å². The zero-order valence-electron chi connectivity index (χ0n) is 19.0. The van der Waals surface area contributed by atoms with E-state index in [1.54, 1.807) is 0 Å². The molecule has 2 aliphatic carbocycles. The molecule has 1 saturated carbocycles. The summed E-state index contributed by atoms with van der Waals surface area (Å²) in [5.41, 5.74) is -0.0146. The summed E-state index contributed by atoms with van der Waals surface area (Å²) in [5, 5.41) is 10.9. The third kappa shape index (κ3) is 6.18. The maximum Gasteiger partial charge on any atom is 0.303 e. The van der Waals surface area contributed by atoms with Gasteiger partial charge >= 0.3 is 11.9 Å². The Kier molecular flexibility index (Phi) is 7.37. The molecule has 0 heterocycles. The average Bonchev–Trinajstić information content (AvgIpc) is 2.88. The molecule has 5 nitrogen and oxygen atoms in total. The van der Waals surface area contributed by atoms with E-state index in [1.165, 1.54) is 13.8 Å². The third-order valence-electron chi connectivity index (χ3n) is 6.53. The molecule has 6 unspecified atom stereocenters. The average molecular weight is 407 g/mol. The quantitative estimate of drug-likeness (QED) is 0.548. The number of hydrogen-bond acceptors (Lipinski definition) is 5. The Morgan fingerprint density at radius 1 is 1.21 bits per heavy atom. The van der Waals surface area contributed by atoms with Crippen LogP contribution in [0.1, 0.15) is 74.1 Å². The van der Waals surface area contributed by atoms with Crippen molar-refractivity contribution in [1.29, 1.82) is 0 Å². The molecule has 0 spiro atoms. The second-order valence-corrected chi connectivity index (χ2v) is 9.92. The van der Waals surface area contributed by atoms with Gasteiger partial charge in [0, 0.05) is 26.2 Å². The van der Waals surface area contributed by atoms with E-state index in [0.29, 0.717) is 12.8 Å². The highest BCUT2D eigenvalue weighted by molar-refractivity contribution is 5.66. The van der Waals surface area contributed by atoms with Crippen molar-refractivity contribution in [2.24, 2.45) is 23.2 Å². The second-order valence-electron chi connectivity index (χ2n) is 9.92. The van der Waals surface area contributed by atoms with Crippen molar-refractivity contribution in [3.8, 4) is 0 Å². The Hall–Kier alpha value is -1.62. The molecule has 0 radical (unpaired) electrons. The molecule has 0 amide bonds. The molecule has 2 rings (SSSR count). The first kappa shape index (κ1) is 23.7. The van der Waals surface area contributed by atoms with Crippen LogP contribution in [-0.2, 0) is 19.1 Å². The summed E-state index contributed by atoms with van der Waals surface area (Å²) < 4.78 is 11.4. The van der Waals surface area contributed by atoms with E-state index in [0.717, 1.165) is 18.4 Å². The number of allylic oxidation sites excluding steroid dienone is 2. The normalized spacial score (nSPS) is 35.9. The smallest absolute Gasteiger partial charge is 0.303 e. The van der Waals surface area contributed by atoms with Gasteiger partial charge in [0.05, 0.1) is 5.60 Å². The van der Waals surface area contributed by atoms with Gasteiger partial charge in [-0.3, -0.25) is 9.59 Å². The van der Waals surface area contributed by atoms with E-state index in [4.69, 9.17) is 9.47 Å². The number of rotatable bonds is 3. The largest absolute Gasteiger partial charge is 0.462 e. The van der Waals surface area contributed by atoms with Crippen LogP contribution in [0, 0.1) is 23.2 Å². The maximum absolute atomic E-state index is 12.0. The molecule has 1 fully saturated rings. The van der Waals surface area contributed by atoms with Crippen LogP contribution in [0.4, 0.5) is 0 Å². The van der Waals surface area contributed by atoms with E-state index in [2.05, 4.69) is 26.0 Å². The maximum atomic E-state index is 12.0. The number of fused-ring (bicyclic) bond motifs is 1. The fraction of sp³-hybridized carbons (Fsp3) is 0.750. The van der Waals surface area contributed by atoms with E-state index >= 15 is 0 Å². The Morgan fingerprint density at radius 2 is 1.83 bits per heavy atom. The molecule has 0 aliphatic heterocycles. The lowest BCUT2D eigenvalue weighted by molar-refractivity contribution is -0.154. The van der Waals surface area contributed by atoms with Crippen LogP contribution in [-0.4, -0.2) is 34.9 Å². The molecule has 0 aromatic rings. The molecule has 164 valence electrons. The van der Waals surface area contributed by atoms with Crippen molar-refractivity contribution in [3.05, 3.63) is 23.8 Å². The zero-order chi connectivity index (χ0) is 22.0. The van der Waals surface area contributed by atoms with E-state index in [1.807, 2.05) is 26.8 Å². The van der Waals surface area contributed by atoms with Crippen molar-refractivity contribution in [1.82, 2.24) is 0 Å². The standard InChI is InChI=1S/C24H38O5/c1-15-8-10-24(7)11-9-20(23(5,6)27)22(24)21(29-18(4)26)14-16(2)13-19(12-15)28-17(3)25/h8,10,13,15,19-22,27H,9,11-12,14H2,1-7H3. The SMILES string of the molecule is CC(=O)OC1C=C(C)CC(OC(C)=O)C2C(C(C)(C)O)CCC2(C)C=CC(C)C1. The number of carbonyl (C=O) groups excluding carboxylic acids is 2. The molecule has 0 aromatic heterocycles. The number of esters is 2. The second kappa shape index (κ2) is 9.03. The van der Waals surface area contributed by atoms with Crippen LogP contribution < -0.4 is 0 Å². The Morgan fingerprint density at radius 3 is 2.38 bits per heavy atom. The molecule has 5 heteroatoms.